The van der Waals surface area contributed by atoms with E-state index in [1.807, 2.05) is 11.0 Å². The molecule has 1 aliphatic heterocycles. The number of piperazine rings is 1. The van der Waals surface area contributed by atoms with Gasteiger partial charge in [0.1, 0.15) is 11.8 Å². The Morgan fingerprint density at radius 2 is 1.80 bits per heavy atom. The number of likely N-dealkylation sites (N-methyl/N-ethyl adjacent to an activating group) is 1. The van der Waals surface area contributed by atoms with E-state index < -0.39 is 6.04 Å². The Kier molecular flexibility index (Phi) is 6.82. The van der Waals surface area contributed by atoms with Crippen LogP contribution in [0.1, 0.15) is 30.6 Å². The predicted molar refractivity (Wildman–Crippen MR) is 97.8 cm³/mol. The molecule has 2 rings (SSSR count). The van der Waals surface area contributed by atoms with Gasteiger partial charge in [0, 0.05) is 26.2 Å². The monoisotopic (exact) mass is 347 g/mol. The van der Waals surface area contributed by atoms with Crippen LogP contribution in [0.15, 0.2) is 24.3 Å². The van der Waals surface area contributed by atoms with Crippen molar-refractivity contribution in [3.8, 4) is 5.75 Å². The van der Waals surface area contributed by atoms with Crippen LogP contribution in [0.25, 0.3) is 0 Å². The molecule has 138 valence electrons. The molecule has 2 amide bonds. The molecule has 1 aromatic carbocycles. The Morgan fingerprint density at radius 3 is 2.40 bits per heavy atom. The van der Waals surface area contributed by atoms with Crippen molar-refractivity contribution in [2.75, 3.05) is 40.3 Å². The number of nitrogens with one attached hydrogen (secondary N) is 1. The third-order valence-corrected chi connectivity index (χ3v) is 4.48. The summed E-state index contributed by atoms with van der Waals surface area (Å²) in [6, 6.07) is 6.55. The van der Waals surface area contributed by atoms with Crippen molar-refractivity contribution in [1.82, 2.24) is 15.1 Å². The Labute approximate surface area is 150 Å². The van der Waals surface area contributed by atoms with Crippen LogP contribution >= 0.6 is 0 Å². The zero-order valence-electron chi connectivity index (χ0n) is 15.6. The molecule has 6 heteroatoms. The normalized spacial score (nSPS) is 16.6. The third kappa shape index (κ3) is 5.19. The molecule has 1 fully saturated rings. The van der Waals surface area contributed by atoms with Crippen LogP contribution in [-0.4, -0.2) is 68.0 Å². The highest BCUT2D eigenvalue weighted by Crippen LogP contribution is 2.18. The average Bonchev–Trinajstić information content (AvgIpc) is 2.60. The van der Waals surface area contributed by atoms with E-state index in [9.17, 15) is 9.59 Å². The first kappa shape index (κ1) is 19.2. The summed E-state index contributed by atoms with van der Waals surface area (Å²) in [5.74, 6) is 0.547. The van der Waals surface area contributed by atoms with Gasteiger partial charge in [-0.15, -0.1) is 0 Å². The number of para-hydroxylation sites is 1. The fraction of sp³-hybridized carbons (Fsp3) is 0.579. The molecule has 1 heterocycles. The SMILES string of the molecule is COc1ccccc1C(=O)N[C@@H](CC(C)C)C(=O)N1CCN(C)CC1. The zero-order chi connectivity index (χ0) is 18.4. The molecule has 0 saturated carbocycles. The van der Waals surface area contributed by atoms with Crippen LogP contribution < -0.4 is 10.1 Å². The van der Waals surface area contributed by atoms with Crippen molar-refractivity contribution in [2.24, 2.45) is 5.92 Å². The molecule has 1 saturated heterocycles. The molecular weight excluding hydrogens is 318 g/mol. The molecule has 25 heavy (non-hydrogen) atoms. The summed E-state index contributed by atoms with van der Waals surface area (Å²) < 4.78 is 5.26. The van der Waals surface area contributed by atoms with Crippen LogP contribution in [0, 0.1) is 5.92 Å². The molecule has 1 atom stereocenters. The molecule has 0 spiro atoms. The second-order valence-corrected chi connectivity index (χ2v) is 6.98. The molecule has 0 aromatic heterocycles. The molecule has 1 aliphatic rings. The van der Waals surface area contributed by atoms with E-state index >= 15 is 0 Å². The number of hydrogen-bond donors (Lipinski definition) is 1. The van der Waals surface area contributed by atoms with Gasteiger partial charge in [0.15, 0.2) is 0 Å². The van der Waals surface area contributed by atoms with Crippen molar-refractivity contribution in [1.29, 1.82) is 0 Å². The maximum Gasteiger partial charge on any atom is 0.255 e. The van der Waals surface area contributed by atoms with Gasteiger partial charge in [-0.3, -0.25) is 9.59 Å². The Morgan fingerprint density at radius 1 is 1.16 bits per heavy atom. The second-order valence-electron chi connectivity index (χ2n) is 6.98. The Hall–Kier alpha value is -2.08. The van der Waals surface area contributed by atoms with Crippen LogP contribution in [0.2, 0.25) is 0 Å². The van der Waals surface area contributed by atoms with E-state index in [1.54, 1.807) is 18.2 Å². The summed E-state index contributed by atoms with van der Waals surface area (Å²) >= 11 is 0. The first-order valence-electron chi connectivity index (χ1n) is 8.83. The van der Waals surface area contributed by atoms with Gasteiger partial charge in [-0.05, 0) is 31.5 Å². The highest BCUT2D eigenvalue weighted by molar-refractivity contribution is 5.99. The van der Waals surface area contributed by atoms with Crippen molar-refractivity contribution >= 4 is 11.8 Å². The largest absolute Gasteiger partial charge is 0.496 e. The summed E-state index contributed by atoms with van der Waals surface area (Å²) in [7, 11) is 3.59. The minimum Gasteiger partial charge on any atom is -0.496 e. The topological polar surface area (TPSA) is 61.9 Å². The maximum absolute atomic E-state index is 12.9. The number of carbonyl (C=O) groups excluding carboxylic acids is 2. The molecule has 1 N–H and O–H groups in total. The van der Waals surface area contributed by atoms with E-state index in [0.717, 1.165) is 13.1 Å². The van der Waals surface area contributed by atoms with Crippen molar-refractivity contribution in [2.45, 2.75) is 26.3 Å². The van der Waals surface area contributed by atoms with Crippen molar-refractivity contribution < 1.29 is 14.3 Å². The fourth-order valence-electron chi connectivity index (χ4n) is 3.01. The lowest BCUT2D eigenvalue weighted by Crippen LogP contribution is -2.54. The minimum absolute atomic E-state index is 0.00467. The molecule has 1 aromatic rings. The molecule has 6 nitrogen and oxygen atoms in total. The Balaban J connectivity index is 2.11. The van der Waals surface area contributed by atoms with E-state index in [1.165, 1.54) is 7.11 Å². The molecule has 0 radical (unpaired) electrons. The standard InChI is InChI=1S/C19H29N3O3/c1-14(2)13-16(19(24)22-11-9-21(3)10-12-22)20-18(23)15-7-5-6-8-17(15)25-4/h5-8,14,16H,9-13H2,1-4H3,(H,20,23)/t16-/m0/s1. The lowest BCUT2D eigenvalue weighted by atomic mass is 10.0. The van der Waals surface area contributed by atoms with Gasteiger partial charge >= 0.3 is 0 Å². The number of hydrogen-bond acceptors (Lipinski definition) is 4. The number of carbonyl (C=O) groups is 2. The van der Waals surface area contributed by atoms with Crippen LogP contribution in [0.4, 0.5) is 0 Å². The van der Waals surface area contributed by atoms with Gasteiger partial charge in [-0.25, -0.2) is 0 Å². The van der Waals surface area contributed by atoms with Gasteiger partial charge in [0.05, 0.1) is 12.7 Å². The maximum atomic E-state index is 12.9. The second kappa shape index (κ2) is 8.85. The van der Waals surface area contributed by atoms with Gasteiger partial charge in [0.25, 0.3) is 5.91 Å². The van der Waals surface area contributed by atoms with Gasteiger partial charge in [-0.1, -0.05) is 26.0 Å². The minimum atomic E-state index is -0.513. The van der Waals surface area contributed by atoms with Crippen molar-refractivity contribution in [3.63, 3.8) is 0 Å². The fourth-order valence-corrected chi connectivity index (χ4v) is 3.01. The van der Waals surface area contributed by atoms with E-state index in [-0.39, 0.29) is 11.8 Å². The lowest BCUT2D eigenvalue weighted by Gasteiger charge is -2.35. The predicted octanol–water partition coefficient (Wildman–Crippen LogP) is 1.61. The number of benzene rings is 1. The molecule has 0 aliphatic carbocycles. The van der Waals surface area contributed by atoms with E-state index in [2.05, 4.69) is 31.1 Å². The number of methoxy groups -OCH3 is 1. The lowest BCUT2D eigenvalue weighted by molar-refractivity contribution is -0.135. The first-order chi connectivity index (χ1) is 11.9. The summed E-state index contributed by atoms with van der Waals surface area (Å²) in [5, 5.41) is 2.92. The average molecular weight is 347 g/mol. The van der Waals surface area contributed by atoms with Gasteiger partial charge in [-0.2, -0.15) is 0 Å². The molecule has 0 unspecified atom stereocenters. The van der Waals surface area contributed by atoms with E-state index in [0.29, 0.717) is 36.7 Å². The van der Waals surface area contributed by atoms with Crippen molar-refractivity contribution in [3.05, 3.63) is 29.8 Å². The summed E-state index contributed by atoms with van der Waals surface area (Å²) in [4.78, 5) is 29.7. The smallest absolute Gasteiger partial charge is 0.255 e. The summed E-state index contributed by atoms with van der Waals surface area (Å²) in [6.45, 7) is 7.24. The van der Waals surface area contributed by atoms with Crippen LogP contribution in [0.5, 0.6) is 5.75 Å². The Bertz CT molecular complexity index is 595. The number of ether oxygens (including phenoxy) is 1. The van der Waals surface area contributed by atoms with Crippen LogP contribution in [0.3, 0.4) is 0 Å². The zero-order valence-corrected chi connectivity index (χ0v) is 15.6. The molecule has 0 bridgehead atoms. The number of rotatable bonds is 6. The third-order valence-electron chi connectivity index (χ3n) is 4.48. The molecular formula is C19H29N3O3. The number of amides is 2. The summed E-state index contributed by atoms with van der Waals surface area (Å²) in [6.07, 6.45) is 0.617. The highest BCUT2D eigenvalue weighted by Gasteiger charge is 2.29. The van der Waals surface area contributed by atoms with Crippen LogP contribution in [-0.2, 0) is 4.79 Å². The first-order valence-corrected chi connectivity index (χ1v) is 8.83. The highest BCUT2D eigenvalue weighted by atomic mass is 16.5. The number of nitrogens with zero attached hydrogens (tertiary/aromatic N) is 2. The van der Waals surface area contributed by atoms with Gasteiger partial charge < -0.3 is 19.9 Å². The van der Waals surface area contributed by atoms with E-state index in [4.69, 9.17) is 4.74 Å². The quantitative estimate of drug-likeness (QED) is 0.849. The summed E-state index contributed by atoms with van der Waals surface area (Å²) in [5.41, 5.74) is 0.449. The van der Waals surface area contributed by atoms with Gasteiger partial charge in [0.2, 0.25) is 5.91 Å².